The predicted molar refractivity (Wildman–Crippen MR) is 150 cm³/mol. The zero-order valence-corrected chi connectivity index (χ0v) is 23.3. The maximum Gasteiger partial charge on any atom is 0.330 e. The first-order chi connectivity index (χ1) is 21.0. The molecule has 3 aromatic carbocycles. The van der Waals surface area contributed by atoms with Crippen molar-refractivity contribution in [3.63, 3.8) is 0 Å². The summed E-state index contributed by atoms with van der Waals surface area (Å²) in [6, 6.07) is 12.9. The van der Waals surface area contributed by atoms with Crippen molar-refractivity contribution in [3.8, 4) is 34.5 Å². The number of hydrogen-bond acceptors (Lipinski definition) is 13. The number of carbonyl (C=O) groups excluding carboxylic acids is 2. The monoisotopic (exact) mass is 610 g/mol. The van der Waals surface area contributed by atoms with Crippen molar-refractivity contribution in [1.82, 2.24) is 0 Å². The molecule has 0 spiro atoms. The summed E-state index contributed by atoms with van der Waals surface area (Å²) in [6.45, 7) is -0.506. The molecule has 5 rings (SSSR count). The van der Waals surface area contributed by atoms with Gasteiger partial charge in [-0.25, -0.2) is 4.79 Å². The van der Waals surface area contributed by atoms with E-state index in [2.05, 4.69) is 0 Å². The van der Waals surface area contributed by atoms with Crippen LogP contribution in [-0.4, -0.2) is 86.8 Å². The molecule has 2 heterocycles. The molecule has 0 amide bonds. The van der Waals surface area contributed by atoms with Crippen LogP contribution in [0.25, 0.3) is 6.08 Å². The lowest BCUT2D eigenvalue weighted by atomic mass is 9.95. The molecule has 13 heteroatoms. The van der Waals surface area contributed by atoms with Gasteiger partial charge in [0, 0.05) is 18.2 Å². The first kappa shape index (κ1) is 30.6. The van der Waals surface area contributed by atoms with Gasteiger partial charge in [0.15, 0.2) is 17.3 Å². The van der Waals surface area contributed by atoms with Crippen LogP contribution in [0.4, 0.5) is 0 Å². The number of ether oxygens (including phenoxy) is 5. The summed E-state index contributed by atoms with van der Waals surface area (Å²) in [5.74, 6) is -1.62. The van der Waals surface area contributed by atoms with E-state index in [0.717, 1.165) is 12.1 Å². The summed E-state index contributed by atoms with van der Waals surface area (Å²) in [5, 5.41) is 61.2. The van der Waals surface area contributed by atoms with E-state index in [0.29, 0.717) is 11.1 Å². The summed E-state index contributed by atoms with van der Waals surface area (Å²) in [4.78, 5) is 25.1. The molecule has 1 fully saturated rings. The SMILES string of the molecule is COc1cc(C2CC(=O)c3c(O)cc(O[C@@H]4O[C@H](COC(=O)/C=C/c5ccc(O)cc5)[C@@H](O)[C@H](O)[C@H]4O)cc3O2)ccc1O. The smallest absolute Gasteiger partial charge is 0.330 e. The number of phenols is 3. The molecule has 0 saturated carbocycles. The standard InChI is InChI=1S/C31H30O13/c1-40-23-10-16(5-8-19(23)33)22-13-21(35)27-20(34)11-18(12-24(27)43-22)42-31-30(39)29(38)28(37)25(44-31)14-41-26(36)9-4-15-2-6-17(32)7-3-15/h2-12,22,25,28-34,37-39H,13-14H2,1H3/b9-4+/t22?,25-,28-,29+,30-,31-/m1/s1. The quantitative estimate of drug-likeness (QED) is 0.160. The van der Waals surface area contributed by atoms with Gasteiger partial charge in [-0.1, -0.05) is 18.2 Å². The van der Waals surface area contributed by atoms with Crippen molar-refractivity contribution < 1.29 is 63.9 Å². The van der Waals surface area contributed by atoms with E-state index in [9.17, 15) is 40.2 Å². The molecular weight excluding hydrogens is 580 g/mol. The van der Waals surface area contributed by atoms with Crippen molar-refractivity contribution in [1.29, 1.82) is 0 Å². The van der Waals surface area contributed by atoms with Gasteiger partial charge in [-0.3, -0.25) is 4.79 Å². The van der Waals surface area contributed by atoms with Crippen LogP contribution in [0.3, 0.4) is 0 Å². The molecule has 0 bridgehead atoms. The average molecular weight is 611 g/mol. The van der Waals surface area contributed by atoms with Crippen LogP contribution in [0, 0.1) is 0 Å². The fraction of sp³-hybridized carbons (Fsp3) is 0.290. The summed E-state index contributed by atoms with van der Waals surface area (Å²) < 4.78 is 27.5. The Balaban J connectivity index is 1.28. The lowest BCUT2D eigenvalue weighted by Gasteiger charge is -2.40. The molecule has 0 aromatic heterocycles. The molecule has 6 N–H and O–H groups in total. The Morgan fingerprint density at radius 1 is 0.955 bits per heavy atom. The van der Waals surface area contributed by atoms with E-state index < -0.39 is 60.9 Å². The van der Waals surface area contributed by atoms with Crippen LogP contribution in [0.5, 0.6) is 34.5 Å². The molecule has 1 saturated heterocycles. The lowest BCUT2D eigenvalue weighted by molar-refractivity contribution is -0.278. The first-order valence-electron chi connectivity index (χ1n) is 13.5. The minimum Gasteiger partial charge on any atom is -0.508 e. The Morgan fingerprint density at radius 3 is 2.43 bits per heavy atom. The number of aliphatic hydroxyl groups is 3. The van der Waals surface area contributed by atoms with Crippen molar-refractivity contribution >= 4 is 17.8 Å². The number of ketones is 1. The van der Waals surface area contributed by atoms with E-state index in [1.807, 2.05) is 0 Å². The molecule has 3 aromatic rings. The Morgan fingerprint density at radius 2 is 1.70 bits per heavy atom. The maximum atomic E-state index is 12.9. The van der Waals surface area contributed by atoms with Gasteiger partial charge in [0.25, 0.3) is 0 Å². The highest BCUT2D eigenvalue weighted by molar-refractivity contribution is 6.02. The summed E-state index contributed by atoms with van der Waals surface area (Å²) >= 11 is 0. The number of aliphatic hydroxyl groups excluding tert-OH is 3. The third kappa shape index (κ3) is 6.55. The highest BCUT2D eigenvalue weighted by Crippen LogP contribution is 2.43. The van der Waals surface area contributed by atoms with Gasteiger partial charge >= 0.3 is 5.97 Å². The van der Waals surface area contributed by atoms with Crippen LogP contribution in [-0.2, 0) is 14.3 Å². The van der Waals surface area contributed by atoms with Gasteiger partial charge in [-0.2, -0.15) is 0 Å². The molecule has 6 atom stereocenters. The number of hydrogen-bond donors (Lipinski definition) is 6. The summed E-state index contributed by atoms with van der Waals surface area (Å²) in [7, 11) is 1.38. The average Bonchev–Trinajstić information content (AvgIpc) is 3.00. The topological polar surface area (TPSA) is 202 Å². The fourth-order valence-electron chi connectivity index (χ4n) is 4.81. The Hall–Kier alpha value is -4.82. The van der Waals surface area contributed by atoms with Gasteiger partial charge in [0.1, 0.15) is 65.7 Å². The van der Waals surface area contributed by atoms with Gasteiger partial charge in [0.2, 0.25) is 6.29 Å². The van der Waals surface area contributed by atoms with Crippen LogP contribution in [0.2, 0.25) is 0 Å². The Labute approximate surface area is 250 Å². The van der Waals surface area contributed by atoms with Crippen LogP contribution in [0.15, 0.2) is 60.7 Å². The number of fused-ring (bicyclic) bond motifs is 1. The zero-order chi connectivity index (χ0) is 31.5. The molecular formula is C31H30O13. The number of rotatable bonds is 8. The third-order valence-electron chi connectivity index (χ3n) is 7.16. The van der Waals surface area contributed by atoms with E-state index in [1.54, 1.807) is 18.2 Å². The van der Waals surface area contributed by atoms with E-state index in [-0.39, 0.29) is 40.7 Å². The van der Waals surface area contributed by atoms with Crippen LogP contribution >= 0.6 is 0 Å². The molecule has 2 aliphatic rings. The Bertz CT molecular complexity index is 1550. The minimum absolute atomic E-state index is 0.0231. The number of Topliss-reactive ketones (excluding diaryl/α,β-unsaturated/α-hetero) is 1. The number of methoxy groups -OCH3 is 1. The molecule has 44 heavy (non-hydrogen) atoms. The molecule has 13 nitrogen and oxygen atoms in total. The number of benzene rings is 3. The van der Waals surface area contributed by atoms with E-state index in [1.165, 1.54) is 43.5 Å². The van der Waals surface area contributed by atoms with Crippen molar-refractivity contribution in [3.05, 3.63) is 77.4 Å². The summed E-state index contributed by atoms with van der Waals surface area (Å²) in [6.07, 6.45) is -6.34. The van der Waals surface area contributed by atoms with E-state index in [4.69, 9.17) is 23.7 Å². The molecule has 232 valence electrons. The molecule has 2 aliphatic heterocycles. The van der Waals surface area contributed by atoms with Gasteiger partial charge in [-0.05, 0) is 41.5 Å². The normalized spacial score (nSPS) is 24.8. The second-order valence-electron chi connectivity index (χ2n) is 10.2. The number of aromatic hydroxyl groups is 3. The molecule has 0 aliphatic carbocycles. The van der Waals surface area contributed by atoms with E-state index >= 15 is 0 Å². The minimum atomic E-state index is -1.75. The van der Waals surface area contributed by atoms with Gasteiger partial charge in [-0.15, -0.1) is 0 Å². The first-order valence-corrected chi connectivity index (χ1v) is 13.5. The molecule has 1 unspecified atom stereocenters. The van der Waals surface area contributed by atoms with Gasteiger partial charge in [0.05, 0.1) is 13.5 Å². The predicted octanol–water partition coefficient (Wildman–Crippen LogP) is 1.96. The summed E-state index contributed by atoms with van der Waals surface area (Å²) in [5.41, 5.74) is 1.07. The van der Waals surface area contributed by atoms with Crippen molar-refractivity contribution in [2.24, 2.45) is 0 Å². The number of carbonyl (C=O) groups is 2. The largest absolute Gasteiger partial charge is 0.508 e. The van der Waals surface area contributed by atoms with Crippen LogP contribution in [0.1, 0.15) is 34.0 Å². The van der Waals surface area contributed by atoms with Crippen molar-refractivity contribution in [2.75, 3.05) is 13.7 Å². The van der Waals surface area contributed by atoms with Gasteiger partial charge < -0.3 is 54.3 Å². The third-order valence-corrected chi connectivity index (χ3v) is 7.16. The molecule has 0 radical (unpaired) electrons. The number of esters is 1. The second-order valence-corrected chi connectivity index (χ2v) is 10.2. The highest BCUT2D eigenvalue weighted by Gasteiger charge is 2.45. The van der Waals surface area contributed by atoms with Crippen molar-refractivity contribution in [2.45, 2.75) is 43.2 Å². The Kier molecular flexibility index (Phi) is 8.92. The maximum absolute atomic E-state index is 12.9. The zero-order valence-electron chi connectivity index (χ0n) is 23.3. The highest BCUT2D eigenvalue weighted by atomic mass is 16.7. The number of phenolic OH excluding ortho intramolecular Hbond substituents is 3. The fourth-order valence-corrected chi connectivity index (χ4v) is 4.81. The second kappa shape index (κ2) is 12.8. The van der Waals surface area contributed by atoms with Crippen LogP contribution < -0.4 is 14.2 Å². The lowest BCUT2D eigenvalue weighted by Crippen LogP contribution is -2.60.